The van der Waals surface area contributed by atoms with E-state index in [1.807, 2.05) is 17.5 Å². The fraction of sp³-hybridized carbons (Fsp3) is 0.222. The van der Waals surface area contributed by atoms with Gasteiger partial charge in [-0.15, -0.1) is 11.3 Å². The van der Waals surface area contributed by atoms with Crippen LogP contribution in [0, 0.1) is 0 Å². The van der Waals surface area contributed by atoms with E-state index in [2.05, 4.69) is 21.6 Å². The zero-order valence-corrected chi connectivity index (χ0v) is 16.6. The fourth-order valence-corrected chi connectivity index (χ4v) is 3.89. The number of benzene rings is 1. The summed E-state index contributed by atoms with van der Waals surface area (Å²) in [4.78, 5) is 8.97. The Labute approximate surface area is 168 Å². The SMILES string of the molecule is CCCc1cc(-c2nc(-c3ccc(NSC(F)(F)F)cc3Cl)cs2)ccn1. The summed E-state index contributed by atoms with van der Waals surface area (Å²) in [5, 5.41) is 3.06. The standard InChI is InChI=1S/C18H15ClF3N3S2/c1-2-3-12-8-11(6-7-23-12)17-24-16(10-26-17)14-5-4-13(9-15(14)19)25-27-18(20,21)22/h4-10,25H,2-3H2,1H3. The summed E-state index contributed by atoms with van der Waals surface area (Å²) >= 11 is 7.42. The van der Waals surface area contributed by atoms with Gasteiger partial charge < -0.3 is 4.72 Å². The van der Waals surface area contributed by atoms with E-state index in [0.717, 1.165) is 29.1 Å². The van der Waals surface area contributed by atoms with Gasteiger partial charge in [0.1, 0.15) is 5.01 Å². The van der Waals surface area contributed by atoms with Gasteiger partial charge in [-0.05, 0) is 36.8 Å². The van der Waals surface area contributed by atoms with Crippen molar-refractivity contribution in [1.29, 1.82) is 0 Å². The van der Waals surface area contributed by atoms with Crippen LogP contribution in [-0.4, -0.2) is 15.5 Å². The lowest BCUT2D eigenvalue weighted by Crippen LogP contribution is -2.04. The van der Waals surface area contributed by atoms with Crippen molar-refractivity contribution in [1.82, 2.24) is 9.97 Å². The molecule has 3 aromatic rings. The molecular weight excluding hydrogens is 415 g/mol. The highest BCUT2D eigenvalue weighted by Crippen LogP contribution is 2.36. The van der Waals surface area contributed by atoms with E-state index in [9.17, 15) is 13.2 Å². The van der Waals surface area contributed by atoms with Crippen molar-refractivity contribution in [2.75, 3.05) is 4.72 Å². The lowest BCUT2D eigenvalue weighted by atomic mass is 10.1. The summed E-state index contributed by atoms with van der Waals surface area (Å²) in [5.41, 5.74) is -0.729. The molecule has 1 N–H and O–H groups in total. The Balaban J connectivity index is 1.81. The molecule has 0 amide bonds. The molecule has 0 saturated heterocycles. The van der Waals surface area contributed by atoms with Crippen molar-refractivity contribution in [2.24, 2.45) is 0 Å². The molecule has 0 radical (unpaired) electrons. The number of thiazole rings is 1. The molecule has 3 rings (SSSR count). The van der Waals surface area contributed by atoms with Crippen molar-refractivity contribution in [3.05, 3.63) is 52.6 Å². The van der Waals surface area contributed by atoms with Crippen LogP contribution in [0.2, 0.25) is 5.02 Å². The van der Waals surface area contributed by atoms with E-state index < -0.39 is 5.51 Å². The molecule has 0 atom stereocenters. The third-order valence-corrected chi connectivity index (χ3v) is 5.38. The number of aromatic nitrogens is 2. The lowest BCUT2D eigenvalue weighted by Gasteiger charge is -2.09. The number of pyridine rings is 1. The van der Waals surface area contributed by atoms with Gasteiger partial charge in [0.2, 0.25) is 0 Å². The summed E-state index contributed by atoms with van der Waals surface area (Å²) < 4.78 is 39.1. The van der Waals surface area contributed by atoms with E-state index in [-0.39, 0.29) is 17.6 Å². The summed E-state index contributed by atoms with van der Waals surface area (Å²) in [6.45, 7) is 2.10. The second-order valence-corrected chi connectivity index (χ2v) is 7.80. The Bertz CT molecular complexity index is 928. The lowest BCUT2D eigenvalue weighted by molar-refractivity contribution is -0.0323. The highest BCUT2D eigenvalue weighted by molar-refractivity contribution is 8.01. The van der Waals surface area contributed by atoms with Crippen molar-refractivity contribution in [3.8, 4) is 21.8 Å². The number of nitrogens with zero attached hydrogens (tertiary/aromatic N) is 2. The van der Waals surface area contributed by atoms with Gasteiger partial charge in [0.15, 0.2) is 0 Å². The van der Waals surface area contributed by atoms with Gasteiger partial charge in [-0.1, -0.05) is 24.9 Å². The van der Waals surface area contributed by atoms with Crippen LogP contribution in [0.15, 0.2) is 41.9 Å². The Kier molecular flexibility index (Phi) is 6.29. The molecule has 142 valence electrons. The van der Waals surface area contributed by atoms with Crippen LogP contribution in [0.4, 0.5) is 18.9 Å². The first-order chi connectivity index (χ1) is 12.9. The minimum Gasteiger partial charge on any atom is -0.323 e. The molecule has 0 aliphatic heterocycles. The molecule has 0 fully saturated rings. The Morgan fingerprint density at radius 3 is 2.74 bits per heavy atom. The molecule has 3 nitrogen and oxygen atoms in total. The number of nitrogens with one attached hydrogen (secondary N) is 1. The van der Waals surface area contributed by atoms with Crippen LogP contribution in [0.3, 0.4) is 0 Å². The number of hydrogen-bond donors (Lipinski definition) is 1. The quantitative estimate of drug-likeness (QED) is 0.425. The second kappa shape index (κ2) is 8.50. The van der Waals surface area contributed by atoms with Gasteiger partial charge in [-0.3, -0.25) is 4.98 Å². The zero-order valence-electron chi connectivity index (χ0n) is 14.2. The van der Waals surface area contributed by atoms with Gasteiger partial charge in [0.25, 0.3) is 0 Å². The average Bonchev–Trinajstić information content (AvgIpc) is 3.10. The molecule has 0 unspecified atom stereocenters. The van der Waals surface area contributed by atoms with E-state index in [4.69, 9.17) is 11.6 Å². The van der Waals surface area contributed by atoms with Gasteiger partial charge >= 0.3 is 5.51 Å². The summed E-state index contributed by atoms with van der Waals surface area (Å²) in [6, 6.07) is 8.60. The third-order valence-electron chi connectivity index (χ3n) is 3.60. The van der Waals surface area contributed by atoms with Crippen LogP contribution in [0.5, 0.6) is 0 Å². The minimum atomic E-state index is -4.36. The molecule has 0 spiro atoms. The Morgan fingerprint density at radius 1 is 1.22 bits per heavy atom. The molecular formula is C18H15ClF3N3S2. The second-order valence-electron chi connectivity index (χ2n) is 5.67. The monoisotopic (exact) mass is 429 g/mol. The predicted octanol–water partition coefficient (Wildman–Crippen LogP) is 7.06. The molecule has 2 aromatic heterocycles. The summed E-state index contributed by atoms with van der Waals surface area (Å²) in [6.07, 6.45) is 3.69. The van der Waals surface area contributed by atoms with Gasteiger partial charge in [-0.25, -0.2) is 4.98 Å². The largest absolute Gasteiger partial charge is 0.461 e. The average molecular weight is 430 g/mol. The molecule has 1 aromatic carbocycles. The van der Waals surface area contributed by atoms with E-state index in [1.54, 1.807) is 18.3 Å². The fourth-order valence-electron chi connectivity index (χ4n) is 2.44. The van der Waals surface area contributed by atoms with Crippen LogP contribution in [0.1, 0.15) is 19.0 Å². The predicted molar refractivity (Wildman–Crippen MR) is 107 cm³/mol. The first-order valence-corrected chi connectivity index (χ1v) is 10.1. The van der Waals surface area contributed by atoms with Gasteiger partial charge in [0, 0.05) is 34.1 Å². The molecule has 2 heterocycles. The third kappa shape index (κ3) is 5.37. The minimum absolute atomic E-state index is 0.278. The van der Waals surface area contributed by atoms with Gasteiger partial charge in [0.05, 0.1) is 22.7 Å². The maximum Gasteiger partial charge on any atom is 0.461 e. The first kappa shape index (κ1) is 20.0. The van der Waals surface area contributed by atoms with Crippen molar-refractivity contribution < 1.29 is 13.2 Å². The van der Waals surface area contributed by atoms with E-state index >= 15 is 0 Å². The molecule has 0 aliphatic carbocycles. The van der Waals surface area contributed by atoms with Crippen molar-refractivity contribution >= 4 is 40.6 Å². The first-order valence-electron chi connectivity index (χ1n) is 8.07. The summed E-state index contributed by atoms with van der Waals surface area (Å²) in [7, 11) is 0. The smallest absolute Gasteiger partial charge is 0.323 e. The molecule has 27 heavy (non-hydrogen) atoms. The maximum absolute atomic E-state index is 12.3. The normalized spacial score (nSPS) is 11.6. The number of rotatable bonds is 6. The van der Waals surface area contributed by atoms with Crippen LogP contribution >= 0.6 is 34.9 Å². The zero-order chi connectivity index (χ0) is 19.4. The van der Waals surface area contributed by atoms with Crippen molar-refractivity contribution in [2.45, 2.75) is 25.3 Å². The number of alkyl halides is 3. The van der Waals surface area contributed by atoms with Crippen LogP contribution in [-0.2, 0) is 6.42 Å². The highest BCUT2D eigenvalue weighted by Gasteiger charge is 2.29. The van der Waals surface area contributed by atoms with Crippen LogP contribution in [0.25, 0.3) is 21.8 Å². The number of hydrogen-bond acceptors (Lipinski definition) is 5. The number of aryl methyl sites for hydroxylation is 1. The Hall–Kier alpha value is -1.77. The van der Waals surface area contributed by atoms with E-state index in [1.165, 1.54) is 17.4 Å². The van der Waals surface area contributed by atoms with Crippen LogP contribution < -0.4 is 4.72 Å². The number of anilines is 1. The van der Waals surface area contributed by atoms with Gasteiger partial charge in [-0.2, -0.15) is 13.2 Å². The topological polar surface area (TPSA) is 37.8 Å². The molecule has 0 aliphatic rings. The molecule has 0 saturated carbocycles. The summed E-state index contributed by atoms with van der Waals surface area (Å²) in [5.74, 6) is 0. The Morgan fingerprint density at radius 2 is 2.04 bits per heavy atom. The maximum atomic E-state index is 12.3. The van der Waals surface area contributed by atoms with E-state index in [0.29, 0.717) is 16.3 Å². The molecule has 0 bridgehead atoms. The molecule has 9 heteroatoms. The highest BCUT2D eigenvalue weighted by atomic mass is 35.5. The van der Waals surface area contributed by atoms with Crippen molar-refractivity contribution in [3.63, 3.8) is 0 Å². The number of halogens is 4.